The first-order valence-corrected chi connectivity index (χ1v) is 4.45. The molecule has 0 bridgehead atoms. The van der Waals surface area contributed by atoms with Crippen molar-refractivity contribution in [3.05, 3.63) is 29.3 Å². The summed E-state index contributed by atoms with van der Waals surface area (Å²) in [4.78, 5) is 0. The van der Waals surface area contributed by atoms with Crippen LogP contribution in [0.15, 0.2) is 18.2 Å². The van der Waals surface area contributed by atoms with Crippen molar-refractivity contribution in [2.24, 2.45) is 0 Å². The normalized spacial score (nSPS) is 26.6. The average molecular weight is 162 g/mol. The van der Waals surface area contributed by atoms with Crippen LogP contribution >= 0.6 is 0 Å². The second-order valence-corrected chi connectivity index (χ2v) is 3.65. The Hall–Kier alpha value is -0.980. The van der Waals surface area contributed by atoms with Gasteiger partial charge in [0.1, 0.15) is 11.9 Å². The number of ether oxygens (including phenoxy) is 1. The van der Waals surface area contributed by atoms with Crippen molar-refractivity contribution in [1.82, 2.24) is 0 Å². The Balaban J connectivity index is 2.48. The number of fused-ring (bicyclic) bond motifs is 1. The van der Waals surface area contributed by atoms with E-state index in [-0.39, 0.29) is 0 Å². The van der Waals surface area contributed by atoms with Gasteiger partial charge in [0.15, 0.2) is 0 Å². The van der Waals surface area contributed by atoms with Crippen LogP contribution in [-0.2, 0) is 0 Å². The van der Waals surface area contributed by atoms with Crippen LogP contribution in [0.25, 0.3) is 0 Å². The third-order valence-corrected chi connectivity index (χ3v) is 2.67. The zero-order valence-electron chi connectivity index (χ0n) is 7.79. The fraction of sp³-hybridized carbons (Fsp3) is 0.455. The van der Waals surface area contributed by atoms with E-state index in [2.05, 4.69) is 39.0 Å². The third kappa shape index (κ3) is 1.01. The molecule has 1 heterocycles. The summed E-state index contributed by atoms with van der Waals surface area (Å²) < 4.78 is 5.67. The number of rotatable bonds is 0. The van der Waals surface area contributed by atoms with Crippen molar-refractivity contribution in [3.63, 3.8) is 0 Å². The molecule has 0 saturated heterocycles. The Morgan fingerprint density at radius 2 is 2.00 bits per heavy atom. The highest BCUT2D eigenvalue weighted by Gasteiger charge is 2.26. The summed E-state index contributed by atoms with van der Waals surface area (Å²) in [5, 5.41) is 0. The summed E-state index contributed by atoms with van der Waals surface area (Å²) in [5.74, 6) is 1.61. The maximum Gasteiger partial charge on any atom is 0.123 e. The topological polar surface area (TPSA) is 9.23 Å². The van der Waals surface area contributed by atoms with E-state index >= 15 is 0 Å². The number of benzene rings is 1. The van der Waals surface area contributed by atoms with Crippen LogP contribution < -0.4 is 4.74 Å². The highest BCUT2D eigenvalue weighted by atomic mass is 16.5. The third-order valence-electron chi connectivity index (χ3n) is 2.67. The first-order valence-electron chi connectivity index (χ1n) is 4.45. The molecular weight excluding hydrogens is 148 g/mol. The summed E-state index contributed by atoms with van der Waals surface area (Å²) in [6.45, 7) is 6.46. The van der Waals surface area contributed by atoms with Crippen molar-refractivity contribution in [2.75, 3.05) is 0 Å². The van der Waals surface area contributed by atoms with Crippen molar-refractivity contribution < 1.29 is 4.74 Å². The van der Waals surface area contributed by atoms with E-state index in [0.717, 1.165) is 5.75 Å². The molecular formula is C11H14O. The predicted octanol–water partition coefficient (Wildman–Crippen LogP) is 2.88. The number of hydrogen-bond donors (Lipinski definition) is 0. The van der Waals surface area contributed by atoms with E-state index in [9.17, 15) is 0 Å². The molecule has 0 N–H and O–H groups in total. The molecule has 64 valence electrons. The molecule has 0 aliphatic carbocycles. The molecule has 0 saturated carbocycles. The van der Waals surface area contributed by atoms with Gasteiger partial charge in [-0.3, -0.25) is 0 Å². The summed E-state index contributed by atoms with van der Waals surface area (Å²) >= 11 is 0. The minimum Gasteiger partial charge on any atom is -0.490 e. The second-order valence-electron chi connectivity index (χ2n) is 3.65. The lowest BCUT2D eigenvalue weighted by Gasteiger charge is -2.07. The monoisotopic (exact) mass is 162 g/mol. The highest BCUT2D eigenvalue weighted by Crippen LogP contribution is 2.37. The Kier molecular flexibility index (Phi) is 1.60. The van der Waals surface area contributed by atoms with Crippen LogP contribution in [-0.4, -0.2) is 6.10 Å². The molecule has 12 heavy (non-hydrogen) atoms. The molecule has 0 fully saturated rings. The molecule has 1 aliphatic rings. The summed E-state index contributed by atoms with van der Waals surface area (Å²) in [6.07, 6.45) is 0.335. The Labute approximate surface area is 73.4 Å². The summed E-state index contributed by atoms with van der Waals surface area (Å²) in [5.41, 5.74) is 2.68. The molecule has 1 aromatic rings. The van der Waals surface area contributed by atoms with Gasteiger partial charge in [-0.2, -0.15) is 0 Å². The molecule has 1 nitrogen and oxygen atoms in total. The van der Waals surface area contributed by atoms with Gasteiger partial charge < -0.3 is 4.74 Å². The maximum atomic E-state index is 5.67. The molecule has 1 aliphatic heterocycles. The minimum absolute atomic E-state index is 0.335. The van der Waals surface area contributed by atoms with Gasteiger partial charge in [0, 0.05) is 11.5 Å². The first-order chi connectivity index (χ1) is 5.68. The molecule has 1 heteroatoms. The zero-order chi connectivity index (χ0) is 8.72. The van der Waals surface area contributed by atoms with Crippen LogP contribution in [0.4, 0.5) is 0 Å². The van der Waals surface area contributed by atoms with Gasteiger partial charge in [-0.25, -0.2) is 0 Å². The Morgan fingerprint density at radius 1 is 1.25 bits per heavy atom. The van der Waals surface area contributed by atoms with Crippen molar-refractivity contribution in [3.8, 4) is 5.75 Å². The van der Waals surface area contributed by atoms with Crippen LogP contribution in [0.1, 0.15) is 30.9 Å². The highest BCUT2D eigenvalue weighted by molar-refractivity contribution is 5.42. The maximum absolute atomic E-state index is 5.67. The number of hydrogen-bond acceptors (Lipinski definition) is 1. The standard InChI is InChI=1S/C11H14O/c1-7-4-5-11-10(6-7)8(2)9(3)12-11/h4-6,8-9H,1-3H3. The average Bonchev–Trinajstić information content (AvgIpc) is 2.31. The SMILES string of the molecule is Cc1ccc2c(c1)C(C)C(C)O2. The van der Waals surface area contributed by atoms with Crippen molar-refractivity contribution in [2.45, 2.75) is 32.8 Å². The molecule has 0 amide bonds. The fourth-order valence-electron chi connectivity index (χ4n) is 1.69. The lowest BCUT2D eigenvalue weighted by Crippen LogP contribution is -2.10. The quantitative estimate of drug-likeness (QED) is 0.570. The Morgan fingerprint density at radius 3 is 2.75 bits per heavy atom. The molecule has 0 radical (unpaired) electrons. The van der Waals surface area contributed by atoms with Gasteiger partial charge in [-0.05, 0) is 19.9 Å². The minimum atomic E-state index is 0.335. The largest absolute Gasteiger partial charge is 0.490 e. The smallest absolute Gasteiger partial charge is 0.123 e. The summed E-state index contributed by atoms with van der Waals surface area (Å²) in [6, 6.07) is 6.40. The van der Waals surface area contributed by atoms with Crippen molar-refractivity contribution in [1.29, 1.82) is 0 Å². The summed E-state index contributed by atoms with van der Waals surface area (Å²) in [7, 11) is 0. The van der Waals surface area contributed by atoms with Gasteiger partial charge in [0.2, 0.25) is 0 Å². The molecule has 2 atom stereocenters. The van der Waals surface area contributed by atoms with Gasteiger partial charge in [-0.1, -0.05) is 24.6 Å². The molecule has 2 unspecified atom stereocenters. The first kappa shape index (κ1) is 7.66. The van der Waals surface area contributed by atoms with Gasteiger partial charge >= 0.3 is 0 Å². The van der Waals surface area contributed by atoms with Gasteiger partial charge in [0.05, 0.1) is 0 Å². The lowest BCUT2D eigenvalue weighted by molar-refractivity contribution is 0.232. The van der Waals surface area contributed by atoms with Crippen LogP contribution in [0.2, 0.25) is 0 Å². The Bertz CT molecular complexity index is 304. The fourth-order valence-corrected chi connectivity index (χ4v) is 1.69. The van der Waals surface area contributed by atoms with E-state index in [1.54, 1.807) is 0 Å². The van der Waals surface area contributed by atoms with Gasteiger partial charge in [-0.15, -0.1) is 0 Å². The molecule has 0 aromatic heterocycles. The zero-order valence-corrected chi connectivity index (χ0v) is 7.79. The van der Waals surface area contributed by atoms with E-state index in [0.29, 0.717) is 12.0 Å². The van der Waals surface area contributed by atoms with Crippen molar-refractivity contribution >= 4 is 0 Å². The van der Waals surface area contributed by atoms with Crippen LogP contribution in [0.3, 0.4) is 0 Å². The van der Waals surface area contributed by atoms with Crippen LogP contribution in [0, 0.1) is 6.92 Å². The van der Waals surface area contributed by atoms with E-state index in [4.69, 9.17) is 4.74 Å². The van der Waals surface area contributed by atoms with E-state index < -0.39 is 0 Å². The lowest BCUT2D eigenvalue weighted by atomic mass is 9.97. The van der Waals surface area contributed by atoms with Gasteiger partial charge in [0.25, 0.3) is 0 Å². The predicted molar refractivity (Wildman–Crippen MR) is 49.7 cm³/mol. The molecule has 2 rings (SSSR count). The van der Waals surface area contributed by atoms with E-state index in [1.165, 1.54) is 11.1 Å². The molecule has 1 aromatic carbocycles. The second kappa shape index (κ2) is 2.51. The molecule has 0 spiro atoms. The van der Waals surface area contributed by atoms with Crippen LogP contribution in [0.5, 0.6) is 5.75 Å². The number of aryl methyl sites for hydroxylation is 1. The van der Waals surface area contributed by atoms with E-state index in [1.807, 2.05) is 0 Å².